The van der Waals surface area contributed by atoms with E-state index in [2.05, 4.69) is 0 Å². The molecule has 0 heterocycles. The van der Waals surface area contributed by atoms with Crippen LogP contribution in [-0.2, 0) is 0 Å². The summed E-state index contributed by atoms with van der Waals surface area (Å²) >= 11 is 1.35. The molecule has 1 saturated carbocycles. The largest absolute Gasteiger partial charge is 0.489 e. The molecule has 1 aromatic carbocycles. The summed E-state index contributed by atoms with van der Waals surface area (Å²) in [6.07, 6.45) is 4.19. The van der Waals surface area contributed by atoms with Crippen molar-refractivity contribution < 1.29 is 9.66 Å². The first-order valence-corrected chi connectivity index (χ1v) is 5.93. The summed E-state index contributed by atoms with van der Waals surface area (Å²) in [5.41, 5.74) is 0.126. The molecule has 0 aromatic heterocycles. The number of nitrogens with zero attached hydrogens (tertiary/aromatic N) is 1. The maximum Gasteiger partial charge on any atom is 0.286 e. The first-order chi connectivity index (χ1) is 7.22. The zero-order valence-corrected chi connectivity index (χ0v) is 9.12. The van der Waals surface area contributed by atoms with E-state index in [-0.39, 0.29) is 16.7 Å². The lowest BCUT2D eigenvalue weighted by atomic mass is 10.3. The highest BCUT2D eigenvalue weighted by Crippen LogP contribution is 2.38. The molecule has 0 N–H and O–H groups in total. The Kier molecular flexibility index (Phi) is 2.81. The molecule has 0 saturated heterocycles. The summed E-state index contributed by atoms with van der Waals surface area (Å²) in [4.78, 5) is 11.0. The number of rotatable bonds is 4. The molecule has 80 valence electrons. The quantitative estimate of drug-likeness (QED) is 0.449. The molecule has 1 aliphatic carbocycles. The third kappa shape index (κ3) is 2.23. The van der Waals surface area contributed by atoms with Gasteiger partial charge >= 0.3 is 0 Å². The van der Waals surface area contributed by atoms with Crippen LogP contribution < -0.4 is 4.74 Å². The van der Waals surface area contributed by atoms with Gasteiger partial charge in [0.25, 0.3) is 5.69 Å². The number of nitro groups is 1. The van der Waals surface area contributed by atoms with Gasteiger partial charge in [0.15, 0.2) is 0 Å². The Hall–Kier alpha value is -1.23. The van der Waals surface area contributed by atoms with Crippen LogP contribution in [0.15, 0.2) is 23.1 Å². The van der Waals surface area contributed by atoms with Crippen LogP contribution in [0.2, 0.25) is 0 Å². The van der Waals surface area contributed by atoms with Gasteiger partial charge in [-0.05, 0) is 25.2 Å². The van der Waals surface area contributed by atoms with Crippen molar-refractivity contribution in [3.63, 3.8) is 0 Å². The van der Waals surface area contributed by atoms with E-state index >= 15 is 0 Å². The second-order valence-corrected chi connectivity index (χ2v) is 4.20. The average molecular weight is 225 g/mol. The summed E-state index contributed by atoms with van der Waals surface area (Å²) in [6, 6.07) is 4.96. The standard InChI is InChI=1S/C10H11NO3S/c1-15-10-8(11(12)13)3-2-4-9(10)14-7-5-6-7/h2-4,7H,5-6H2,1H3. The number of hydrogen-bond donors (Lipinski definition) is 0. The van der Waals surface area contributed by atoms with Crippen LogP contribution in [0.3, 0.4) is 0 Å². The molecule has 0 amide bonds. The molecular weight excluding hydrogens is 214 g/mol. The van der Waals surface area contributed by atoms with Crippen LogP contribution >= 0.6 is 11.8 Å². The Bertz CT molecular complexity index is 390. The van der Waals surface area contributed by atoms with E-state index < -0.39 is 0 Å². The highest BCUT2D eigenvalue weighted by atomic mass is 32.2. The summed E-state index contributed by atoms with van der Waals surface area (Å²) in [5.74, 6) is 0.638. The van der Waals surface area contributed by atoms with Gasteiger partial charge in [0.1, 0.15) is 10.6 Å². The zero-order chi connectivity index (χ0) is 10.8. The van der Waals surface area contributed by atoms with Gasteiger partial charge in [-0.15, -0.1) is 11.8 Å². The van der Waals surface area contributed by atoms with Crippen molar-refractivity contribution in [1.82, 2.24) is 0 Å². The third-order valence-corrected chi connectivity index (χ3v) is 3.00. The fourth-order valence-corrected chi connectivity index (χ4v) is 1.98. The Morgan fingerprint density at radius 2 is 2.27 bits per heavy atom. The lowest BCUT2D eigenvalue weighted by Crippen LogP contribution is -1.99. The SMILES string of the molecule is CSc1c(OC2CC2)cccc1[N+](=O)[O-]. The van der Waals surface area contributed by atoms with Gasteiger partial charge in [0, 0.05) is 6.07 Å². The van der Waals surface area contributed by atoms with Crippen molar-refractivity contribution >= 4 is 17.4 Å². The maximum absolute atomic E-state index is 10.8. The molecule has 5 heteroatoms. The normalized spacial score (nSPS) is 15.0. The molecule has 4 nitrogen and oxygen atoms in total. The third-order valence-electron chi connectivity index (χ3n) is 2.18. The minimum Gasteiger partial charge on any atom is -0.489 e. The van der Waals surface area contributed by atoms with Gasteiger partial charge in [0.05, 0.1) is 11.0 Å². The minimum absolute atomic E-state index is 0.126. The Balaban J connectivity index is 2.34. The van der Waals surface area contributed by atoms with E-state index in [9.17, 15) is 10.1 Å². The molecule has 15 heavy (non-hydrogen) atoms. The highest BCUT2D eigenvalue weighted by Gasteiger charge is 2.26. The summed E-state index contributed by atoms with van der Waals surface area (Å²) in [7, 11) is 0. The second kappa shape index (κ2) is 4.10. The first kappa shape index (κ1) is 10.3. The smallest absolute Gasteiger partial charge is 0.286 e. The topological polar surface area (TPSA) is 52.4 Å². The zero-order valence-electron chi connectivity index (χ0n) is 8.30. The van der Waals surface area contributed by atoms with Crippen LogP contribution in [0.5, 0.6) is 5.75 Å². The lowest BCUT2D eigenvalue weighted by Gasteiger charge is -2.08. The molecule has 1 aromatic rings. The Labute approximate surface area is 91.8 Å². The van der Waals surface area contributed by atoms with Crippen molar-refractivity contribution in [2.75, 3.05) is 6.26 Å². The van der Waals surface area contributed by atoms with Gasteiger partial charge in [-0.2, -0.15) is 0 Å². The number of nitro benzene ring substituents is 1. The number of ether oxygens (including phenoxy) is 1. The molecule has 0 atom stereocenters. The van der Waals surface area contributed by atoms with Crippen molar-refractivity contribution in [2.45, 2.75) is 23.8 Å². The number of benzene rings is 1. The maximum atomic E-state index is 10.8. The average Bonchev–Trinajstić information content (AvgIpc) is 3.01. The monoisotopic (exact) mass is 225 g/mol. The van der Waals surface area contributed by atoms with E-state index in [1.807, 2.05) is 6.26 Å². The number of thioether (sulfide) groups is 1. The second-order valence-electron chi connectivity index (χ2n) is 3.38. The molecule has 1 fully saturated rings. The lowest BCUT2D eigenvalue weighted by molar-refractivity contribution is -0.387. The predicted molar refractivity (Wildman–Crippen MR) is 58.5 cm³/mol. The molecule has 2 rings (SSSR count). The predicted octanol–water partition coefficient (Wildman–Crippen LogP) is 2.86. The van der Waals surface area contributed by atoms with Crippen molar-refractivity contribution in [3.8, 4) is 5.75 Å². The molecule has 0 aliphatic heterocycles. The Morgan fingerprint density at radius 1 is 1.53 bits per heavy atom. The fourth-order valence-electron chi connectivity index (χ4n) is 1.31. The Morgan fingerprint density at radius 3 is 2.80 bits per heavy atom. The first-order valence-electron chi connectivity index (χ1n) is 4.70. The van der Waals surface area contributed by atoms with E-state index in [0.717, 1.165) is 12.8 Å². The van der Waals surface area contributed by atoms with E-state index in [1.165, 1.54) is 17.8 Å². The van der Waals surface area contributed by atoms with Gasteiger partial charge in [-0.25, -0.2) is 0 Å². The minimum atomic E-state index is -0.369. The number of hydrogen-bond acceptors (Lipinski definition) is 4. The van der Waals surface area contributed by atoms with Gasteiger partial charge in [0.2, 0.25) is 0 Å². The van der Waals surface area contributed by atoms with Gasteiger partial charge in [-0.3, -0.25) is 10.1 Å². The van der Waals surface area contributed by atoms with E-state index in [1.54, 1.807) is 12.1 Å². The summed E-state index contributed by atoms with van der Waals surface area (Å²) in [5, 5.41) is 10.8. The van der Waals surface area contributed by atoms with Crippen LogP contribution in [-0.4, -0.2) is 17.3 Å². The summed E-state index contributed by atoms with van der Waals surface area (Å²) in [6.45, 7) is 0. The molecule has 0 spiro atoms. The molecule has 0 bridgehead atoms. The van der Waals surface area contributed by atoms with Crippen molar-refractivity contribution in [3.05, 3.63) is 28.3 Å². The van der Waals surface area contributed by atoms with Gasteiger partial charge in [-0.1, -0.05) is 6.07 Å². The highest BCUT2D eigenvalue weighted by molar-refractivity contribution is 7.98. The van der Waals surface area contributed by atoms with Crippen LogP contribution in [0.25, 0.3) is 0 Å². The van der Waals surface area contributed by atoms with E-state index in [0.29, 0.717) is 10.6 Å². The molecule has 0 unspecified atom stereocenters. The molecule has 1 aliphatic rings. The molecular formula is C10H11NO3S. The molecule has 0 radical (unpaired) electrons. The van der Waals surface area contributed by atoms with Crippen LogP contribution in [0.4, 0.5) is 5.69 Å². The van der Waals surface area contributed by atoms with E-state index in [4.69, 9.17) is 4.74 Å². The van der Waals surface area contributed by atoms with Crippen molar-refractivity contribution in [2.24, 2.45) is 0 Å². The van der Waals surface area contributed by atoms with Crippen LogP contribution in [0, 0.1) is 10.1 Å². The summed E-state index contributed by atoms with van der Waals surface area (Å²) < 4.78 is 5.61. The van der Waals surface area contributed by atoms with Gasteiger partial charge < -0.3 is 4.74 Å². The fraction of sp³-hybridized carbons (Fsp3) is 0.400. The van der Waals surface area contributed by atoms with Crippen molar-refractivity contribution in [1.29, 1.82) is 0 Å². The van der Waals surface area contributed by atoms with Crippen LogP contribution in [0.1, 0.15) is 12.8 Å².